The molecule has 90 valence electrons. The molecule has 1 aromatic heterocycles. The first-order valence-electron chi connectivity index (χ1n) is 5.08. The van der Waals surface area contributed by atoms with Gasteiger partial charge in [0.2, 0.25) is 0 Å². The van der Waals surface area contributed by atoms with Gasteiger partial charge in [0.05, 0.1) is 28.2 Å². The van der Waals surface area contributed by atoms with Crippen LogP contribution in [0.5, 0.6) is 0 Å². The van der Waals surface area contributed by atoms with Crippen LogP contribution in [0.4, 0.5) is 0 Å². The Labute approximate surface area is 120 Å². The summed E-state index contributed by atoms with van der Waals surface area (Å²) in [5.41, 5.74) is 2.25. The standard InChI is InChI=1S/C13H7Cl3N2/c14-9-5-11(13(16)12(15)6-9)8-1-2-10(3-4-17)18-7-8/h1-2,5-7H,3H2. The van der Waals surface area contributed by atoms with Crippen molar-refractivity contribution in [3.63, 3.8) is 0 Å². The lowest BCUT2D eigenvalue weighted by atomic mass is 10.1. The number of nitriles is 1. The van der Waals surface area contributed by atoms with Gasteiger partial charge in [-0.2, -0.15) is 5.26 Å². The van der Waals surface area contributed by atoms with E-state index in [0.717, 1.165) is 11.1 Å². The van der Waals surface area contributed by atoms with Crippen molar-refractivity contribution in [3.05, 3.63) is 51.2 Å². The van der Waals surface area contributed by atoms with E-state index >= 15 is 0 Å². The Morgan fingerprint density at radius 2 is 1.94 bits per heavy atom. The molecule has 0 aliphatic carbocycles. The van der Waals surface area contributed by atoms with E-state index < -0.39 is 0 Å². The molecule has 2 rings (SSSR count). The van der Waals surface area contributed by atoms with E-state index in [1.807, 2.05) is 12.1 Å². The Hall–Kier alpha value is -1.27. The fourth-order valence-electron chi connectivity index (χ4n) is 1.54. The molecule has 1 aromatic carbocycles. The number of hydrogen-bond acceptors (Lipinski definition) is 2. The molecular weight excluding hydrogens is 291 g/mol. The molecule has 0 bridgehead atoms. The summed E-state index contributed by atoms with van der Waals surface area (Å²) in [6.45, 7) is 0. The van der Waals surface area contributed by atoms with Crippen molar-refractivity contribution < 1.29 is 0 Å². The van der Waals surface area contributed by atoms with Crippen molar-refractivity contribution in [2.75, 3.05) is 0 Å². The Morgan fingerprint density at radius 1 is 1.17 bits per heavy atom. The predicted molar refractivity (Wildman–Crippen MR) is 74.0 cm³/mol. The Balaban J connectivity index is 2.46. The highest BCUT2D eigenvalue weighted by atomic mass is 35.5. The summed E-state index contributed by atoms with van der Waals surface area (Å²) in [6, 6.07) is 8.99. The SMILES string of the molecule is N#CCc1ccc(-c2cc(Cl)cc(Cl)c2Cl)cn1. The summed E-state index contributed by atoms with van der Waals surface area (Å²) in [5, 5.41) is 9.93. The maximum absolute atomic E-state index is 8.58. The number of halogens is 3. The Bertz CT molecular complexity index is 615. The molecule has 0 aliphatic heterocycles. The smallest absolute Gasteiger partial charge is 0.0774 e. The van der Waals surface area contributed by atoms with Crippen molar-refractivity contribution in [2.24, 2.45) is 0 Å². The van der Waals surface area contributed by atoms with Gasteiger partial charge in [0.1, 0.15) is 0 Å². The molecule has 0 saturated carbocycles. The highest BCUT2D eigenvalue weighted by Crippen LogP contribution is 2.36. The van der Waals surface area contributed by atoms with Gasteiger partial charge >= 0.3 is 0 Å². The van der Waals surface area contributed by atoms with Gasteiger partial charge in [-0.05, 0) is 18.2 Å². The second kappa shape index (κ2) is 5.58. The van der Waals surface area contributed by atoms with Gasteiger partial charge in [-0.3, -0.25) is 4.98 Å². The van der Waals surface area contributed by atoms with Crippen LogP contribution >= 0.6 is 34.8 Å². The first kappa shape index (κ1) is 13.2. The van der Waals surface area contributed by atoms with Gasteiger partial charge in [0.25, 0.3) is 0 Å². The lowest BCUT2D eigenvalue weighted by Gasteiger charge is -2.07. The maximum atomic E-state index is 8.58. The maximum Gasteiger partial charge on any atom is 0.0774 e. The minimum absolute atomic E-state index is 0.282. The molecule has 0 spiro atoms. The van der Waals surface area contributed by atoms with Crippen LogP contribution in [0.3, 0.4) is 0 Å². The summed E-state index contributed by atoms with van der Waals surface area (Å²) in [6.07, 6.45) is 1.94. The Kier molecular flexibility index (Phi) is 4.08. The molecule has 2 aromatic rings. The van der Waals surface area contributed by atoms with Gasteiger partial charge in [0.15, 0.2) is 0 Å². The van der Waals surface area contributed by atoms with Gasteiger partial charge in [-0.25, -0.2) is 0 Å². The van der Waals surface area contributed by atoms with E-state index in [9.17, 15) is 0 Å². The summed E-state index contributed by atoms with van der Waals surface area (Å²) < 4.78 is 0. The van der Waals surface area contributed by atoms with Crippen LogP contribution in [0.15, 0.2) is 30.5 Å². The van der Waals surface area contributed by atoms with E-state index in [2.05, 4.69) is 4.98 Å². The monoisotopic (exact) mass is 296 g/mol. The molecule has 0 amide bonds. The second-order valence-corrected chi connectivity index (χ2v) is 4.84. The number of benzene rings is 1. The van der Waals surface area contributed by atoms with Crippen LogP contribution in [-0.2, 0) is 6.42 Å². The zero-order valence-electron chi connectivity index (χ0n) is 9.12. The lowest BCUT2D eigenvalue weighted by molar-refractivity contribution is 1.12. The molecule has 0 N–H and O–H groups in total. The summed E-state index contributed by atoms with van der Waals surface area (Å²) in [5.74, 6) is 0. The average Bonchev–Trinajstić information content (AvgIpc) is 2.35. The quantitative estimate of drug-likeness (QED) is 0.748. The van der Waals surface area contributed by atoms with E-state index in [-0.39, 0.29) is 6.42 Å². The molecule has 0 unspecified atom stereocenters. The van der Waals surface area contributed by atoms with E-state index in [1.165, 1.54) is 0 Å². The number of hydrogen-bond donors (Lipinski definition) is 0. The van der Waals surface area contributed by atoms with E-state index in [0.29, 0.717) is 20.8 Å². The zero-order valence-corrected chi connectivity index (χ0v) is 11.4. The summed E-state index contributed by atoms with van der Waals surface area (Å²) in [7, 11) is 0. The molecule has 5 heteroatoms. The first-order chi connectivity index (χ1) is 8.61. The minimum atomic E-state index is 0.282. The van der Waals surface area contributed by atoms with Crippen molar-refractivity contribution in [3.8, 4) is 17.2 Å². The molecule has 1 heterocycles. The van der Waals surface area contributed by atoms with Crippen LogP contribution in [-0.4, -0.2) is 4.98 Å². The van der Waals surface area contributed by atoms with Gasteiger partial charge in [-0.15, -0.1) is 0 Å². The first-order valence-corrected chi connectivity index (χ1v) is 6.22. The normalized spacial score (nSPS) is 10.1. The van der Waals surface area contributed by atoms with Gasteiger partial charge in [0, 0.05) is 22.3 Å². The zero-order chi connectivity index (χ0) is 13.1. The molecule has 0 saturated heterocycles. The number of aromatic nitrogens is 1. The third kappa shape index (κ3) is 2.76. The minimum Gasteiger partial charge on any atom is -0.260 e. The van der Waals surface area contributed by atoms with Crippen molar-refractivity contribution >= 4 is 34.8 Å². The molecule has 18 heavy (non-hydrogen) atoms. The molecule has 0 aliphatic rings. The molecule has 2 nitrogen and oxygen atoms in total. The van der Waals surface area contributed by atoms with Gasteiger partial charge < -0.3 is 0 Å². The van der Waals surface area contributed by atoms with Crippen LogP contribution < -0.4 is 0 Å². The average molecular weight is 298 g/mol. The topological polar surface area (TPSA) is 36.7 Å². The predicted octanol–water partition coefficient (Wildman–Crippen LogP) is 4.77. The highest BCUT2D eigenvalue weighted by molar-refractivity contribution is 6.45. The third-order valence-electron chi connectivity index (χ3n) is 2.39. The highest BCUT2D eigenvalue weighted by Gasteiger charge is 2.09. The largest absolute Gasteiger partial charge is 0.260 e. The number of nitrogens with zero attached hydrogens (tertiary/aromatic N) is 2. The van der Waals surface area contributed by atoms with Crippen molar-refractivity contribution in [2.45, 2.75) is 6.42 Å². The second-order valence-electron chi connectivity index (χ2n) is 3.62. The van der Waals surface area contributed by atoms with E-state index in [4.69, 9.17) is 40.1 Å². The fraction of sp³-hybridized carbons (Fsp3) is 0.0769. The van der Waals surface area contributed by atoms with Gasteiger partial charge in [-0.1, -0.05) is 40.9 Å². The molecule has 0 radical (unpaired) electrons. The fourth-order valence-corrected chi connectivity index (χ4v) is 2.25. The van der Waals surface area contributed by atoms with Crippen molar-refractivity contribution in [1.29, 1.82) is 5.26 Å². The number of rotatable bonds is 2. The molecule has 0 atom stereocenters. The molecule has 0 fully saturated rings. The van der Waals surface area contributed by atoms with Crippen LogP contribution in [0, 0.1) is 11.3 Å². The summed E-state index contributed by atoms with van der Waals surface area (Å²) >= 11 is 18.0. The van der Waals surface area contributed by atoms with Crippen LogP contribution in [0.25, 0.3) is 11.1 Å². The Morgan fingerprint density at radius 3 is 2.56 bits per heavy atom. The molecular formula is C13H7Cl3N2. The van der Waals surface area contributed by atoms with Crippen LogP contribution in [0.1, 0.15) is 5.69 Å². The van der Waals surface area contributed by atoms with E-state index in [1.54, 1.807) is 24.4 Å². The lowest BCUT2D eigenvalue weighted by Crippen LogP contribution is -1.89. The van der Waals surface area contributed by atoms with Crippen LogP contribution in [0.2, 0.25) is 15.1 Å². The third-order valence-corrected chi connectivity index (χ3v) is 3.41. The van der Waals surface area contributed by atoms with Crippen molar-refractivity contribution in [1.82, 2.24) is 4.98 Å². The summed E-state index contributed by atoms with van der Waals surface area (Å²) in [4.78, 5) is 4.18. The number of pyridine rings is 1.